The van der Waals surface area contributed by atoms with Crippen molar-refractivity contribution >= 4 is 22.9 Å². The fourth-order valence-electron chi connectivity index (χ4n) is 3.54. The predicted molar refractivity (Wildman–Crippen MR) is 118 cm³/mol. The lowest BCUT2D eigenvalue weighted by molar-refractivity contribution is 0.0664. The van der Waals surface area contributed by atoms with Gasteiger partial charge in [0.1, 0.15) is 29.5 Å². The number of aromatic nitrogens is 2. The minimum atomic E-state index is -1.36. The van der Waals surface area contributed by atoms with Crippen molar-refractivity contribution in [1.29, 1.82) is 0 Å². The van der Waals surface area contributed by atoms with Crippen LogP contribution in [0.3, 0.4) is 0 Å². The van der Waals surface area contributed by atoms with Gasteiger partial charge < -0.3 is 20.3 Å². The number of thiophene rings is 1. The smallest absolute Gasteiger partial charge is 0.271 e. The lowest BCUT2D eigenvalue weighted by Gasteiger charge is -2.30. The molecule has 1 amide bonds. The summed E-state index contributed by atoms with van der Waals surface area (Å²) in [5, 5.41) is 24.5. The van der Waals surface area contributed by atoms with E-state index in [1.807, 2.05) is 0 Å². The summed E-state index contributed by atoms with van der Waals surface area (Å²) in [4.78, 5) is 18.2. The van der Waals surface area contributed by atoms with Crippen LogP contribution in [0.5, 0.6) is 5.75 Å². The highest BCUT2D eigenvalue weighted by molar-refractivity contribution is 7.10. The average molecular weight is 474 g/mol. The van der Waals surface area contributed by atoms with Gasteiger partial charge in [-0.25, -0.2) is 13.8 Å². The molecule has 0 saturated heterocycles. The summed E-state index contributed by atoms with van der Waals surface area (Å²) in [5.74, 6) is -1.77. The molecule has 0 aliphatic heterocycles. The molecule has 7 nitrogen and oxygen atoms in total. The van der Waals surface area contributed by atoms with Gasteiger partial charge in [-0.05, 0) is 42.6 Å². The lowest BCUT2D eigenvalue weighted by atomic mass is 9.99. The summed E-state index contributed by atoms with van der Waals surface area (Å²) in [7, 11) is 0. The van der Waals surface area contributed by atoms with Gasteiger partial charge in [-0.3, -0.25) is 9.20 Å². The monoisotopic (exact) mass is 473 g/mol. The van der Waals surface area contributed by atoms with Crippen molar-refractivity contribution in [2.75, 3.05) is 13.2 Å². The maximum absolute atomic E-state index is 13.9. The first-order chi connectivity index (χ1) is 15.9. The summed E-state index contributed by atoms with van der Waals surface area (Å²) in [5.41, 5.74) is -0.746. The summed E-state index contributed by atoms with van der Waals surface area (Å²) in [6.07, 6.45) is 1.60. The van der Waals surface area contributed by atoms with Crippen molar-refractivity contribution in [2.24, 2.45) is 0 Å². The van der Waals surface area contributed by atoms with Crippen LogP contribution in [0.4, 0.5) is 8.78 Å². The lowest BCUT2D eigenvalue weighted by Crippen LogP contribution is -2.51. The molecule has 0 fully saturated rings. The van der Waals surface area contributed by atoms with E-state index in [-0.39, 0.29) is 29.3 Å². The molecule has 0 aliphatic carbocycles. The van der Waals surface area contributed by atoms with Crippen molar-refractivity contribution in [3.05, 3.63) is 87.5 Å². The number of hydrogen-bond acceptors (Lipinski definition) is 6. The van der Waals surface area contributed by atoms with Gasteiger partial charge in [0.15, 0.2) is 11.4 Å². The Bertz CT molecular complexity index is 1270. The fourth-order valence-corrected chi connectivity index (χ4v) is 4.40. The quantitative estimate of drug-likeness (QED) is 0.365. The van der Waals surface area contributed by atoms with Crippen LogP contribution in [0.25, 0.3) is 5.65 Å². The number of hydrogen-bond donors (Lipinski definition) is 3. The van der Waals surface area contributed by atoms with Crippen LogP contribution >= 0.6 is 11.3 Å². The highest BCUT2D eigenvalue weighted by Gasteiger charge is 2.35. The van der Waals surface area contributed by atoms with E-state index in [4.69, 9.17) is 4.74 Å². The number of rotatable bonds is 8. The number of aliphatic hydroxyl groups is 2. The highest BCUT2D eigenvalue weighted by Crippen LogP contribution is 2.28. The molecule has 3 N–H and O–H groups in total. The van der Waals surface area contributed by atoms with Gasteiger partial charge in [0.25, 0.3) is 5.91 Å². The second-order valence-electron chi connectivity index (χ2n) is 7.43. The van der Waals surface area contributed by atoms with Crippen molar-refractivity contribution in [2.45, 2.75) is 19.1 Å². The van der Waals surface area contributed by atoms with Gasteiger partial charge in [-0.1, -0.05) is 12.1 Å². The maximum atomic E-state index is 13.9. The van der Waals surface area contributed by atoms with Crippen molar-refractivity contribution in [3.63, 3.8) is 0 Å². The molecule has 0 saturated carbocycles. The number of ether oxygens (including phenoxy) is 1. The number of aryl methyl sites for hydroxylation is 1. The summed E-state index contributed by atoms with van der Waals surface area (Å²) in [6, 6.07) is 10.2. The molecular formula is C23H21F2N3O4S. The topological polar surface area (TPSA) is 96.1 Å². The minimum absolute atomic E-state index is 0.176. The van der Waals surface area contributed by atoms with E-state index in [9.17, 15) is 23.8 Å². The number of halogens is 2. The first kappa shape index (κ1) is 22.8. The SMILES string of the molecule is Cc1nc2c(OCc3c(F)cccc3F)cccn2c1C(=O)NC(CO)(CO)c1cccs1. The molecule has 1 aromatic carbocycles. The standard InChI is InChI=1S/C23H21F2N3O4S/c1-14-20(22(31)27-23(12-29,13-30)19-8-4-10-33-19)28-9-3-7-18(21(28)26-14)32-11-15-16(24)5-2-6-17(15)25/h2-10,29-30H,11-13H2,1H3,(H,27,31). The summed E-state index contributed by atoms with van der Waals surface area (Å²) >= 11 is 1.30. The van der Waals surface area contributed by atoms with E-state index in [0.29, 0.717) is 10.6 Å². The van der Waals surface area contributed by atoms with Crippen molar-refractivity contribution in [1.82, 2.24) is 14.7 Å². The van der Waals surface area contributed by atoms with E-state index in [2.05, 4.69) is 10.3 Å². The molecule has 0 spiro atoms. The highest BCUT2D eigenvalue weighted by atomic mass is 32.1. The Kier molecular flexibility index (Phi) is 6.41. The molecule has 33 heavy (non-hydrogen) atoms. The van der Waals surface area contributed by atoms with E-state index >= 15 is 0 Å². The second-order valence-corrected chi connectivity index (χ2v) is 8.38. The Morgan fingerprint density at radius 3 is 2.52 bits per heavy atom. The summed E-state index contributed by atoms with van der Waals surface area (Å²) < 4.78 is 35.0. The second kappa shape index (κ2) is 9.26. The van der Waals surface area contributed by atoms with E-state index in [0.717, 1.165) is 12.1 Å². The van der Waals surface area contributed by atoms with Crippen LogP contribution in [0.15, 0.2) is 54.0 Å². The van der Waals surface area contributed by atoms with Crippen molar-refractivity contribution in [3.8, 4) is 5.75 Å². The van der Waals surface area contributed by atoms with E-state index < -0.39 is 36.3 Å². The van der Waals surface area contributed by atoms with Crippen LogP contribution in [0, 0.1) is 18.6 Å². The number of amides is 1. The zero-order valence-corrected chi connectivity index (χ0v) is 18.4. The van der Waals surface area contributed by atoms with Gasteiger partial charge in [-0.2, -0.15) is 0 Å². The average Bonchev–Trinajstić information content (AvgIpc) is 3.45. The zero-order valence-electron chi connectivity index (χ0n) is 17.6. The minimum Gasteiger partial charge on any atom is -0.485 e. The number of benzene rings is 1. The molecule has 0 aliphatic rings. The molecule has 172 valence electrons. The number of pyridine rings is 1. The number of carbonyl (C=O) groups excluding carboxylic acids is 1. The number of aliphatic hydroxyl groups excluding tert-OH is 2. The predicted octanol–water partition coefficient (Wildman–Crippen LogP) is 3.17. The van der Waals surface area contributed by atoms with Crippen LogP contribution in [-0.4, -0.2) is 38.7 Å². The molecule has 0 bridgehead atoms. The molecule has 0 unspecified atom stereocenters. The Labute approximate surface area is 191 Å². The largest absolute Gasteiger partial charge is 0.485 e. The molecule has 3 heterocycles. The molecule has 4 rings (SSSR count). The molecular weight excluding hydrogens is 452 g/mol. The zero-order chi connectivity index (χ0) is 23.6. The molecule has 3 aromatic heterocycles. The van der Waals surface area contributed by atoms with E-state index in [1.54, 1.807) is 42.8 Å². The number of nitrogens with zero attached hydrogens (tertiary/aromatic N) is 2. The van der Waals surface area contributed by atoms with E-state index in [1.165, 1.54) is 21.8 Å². The Hall–Kier alpha value is -3.34. The normalized spacial score (nSPS) is 11.7. The fraction of sp³-hybridized carbons (Fsp3) is 0.217. The Morgan fingerprint density at radius 2 is 1.88 bits per heavy atom. The maximum Gasteiger partial charge on any atom is 0.271 e. The first-order valence-electron chi connectivity index (χ1n) is 10.0. The van der Waals surface area contributed by atoms with Crippen LogP contribution in [0.2, 0.25) is 0 Å². The third-order valence-corrected chi connectivity index (χ3v) is 6.40. The number of carbonyl (C=O) groups is 1. The molecule has 4 aromatic rings. The van der Waals surface area contributed by atoms with Crippen molar-refractivity contribution < 1.29 is 28.5 Å². The van der Waals surface area contributed by atoms with Gasteiger partial charge in [0, 0.05) is 11.1 Å². The Morgan fingerprint density at radius 1 is 1.15 bits per heavy atom. The number of fused-ring (bicyclic) bond motifs is 1. The number of nitrogens with one attached hydrogen (secondary N) is 1. The third-order valence-electron chi connectivity index (χ3n) is 5.32. The van der Waals surface area contributed by atoms with Crippen LogP contribution in [-0.2, 0) is 12.1 Å². The molecule has 10 heteroatoms. The molecule has 0 radical (unpaired) electrons. The van der Waals surface area contributed by atoms with Gasteiger partial charge >= 0.3 is 0 Å². The van der Waals surface area contributed by atoms with Crippen LogP contribution < -0.4 is 10.1 Å². The van der Waals surface area contributed by atoms with Crippen LogP contribution in [0.1, 0.15) is 26.6 Å². The number of imidazole rings is 1. The Balaban J connectivity index is 1.66. The third kappa shape index (κ3) is 4.20. The molecule has 0 atom stereocenters. The van der Waals surface area contributed by atoms with Gasteiger partial charge in [0.2, 0.25) is 0 Å². The first-order valence-corrected chi connectivity index (χ1v) is 10.9. The summed E-state index contributed by atoms with van der Waals surface area (Å²) in [6.45, 7) is 0.261. The van der Waals surface area contributed by atoms with Gasteiger partial charge in [0.05, 0.1) is 24.5 Å². The van der Waals surface area contributed by atoms with Gasteiger partial charge in [-0.15, -0.1) is 11.3 Å².